The van der Waals surface area contributed by atoms with Crippen molar-refractivity contribution in [1.29, 1.82) is 5.26 Å². The van der Waals surface area contributed by atoms with Crippen molar-refractivity contribution < 1.29 is 0 Å². The summed E-state index contributed by atoms with van der Waals surface area (Å²) in [6.45, 7) is 2.75. The van der Waals surface area contributed by atoms with Crippen LogP contribution in [0.4, 0.5) is 5.69 Å². The van der Waals surface area contributed by atoms with E-state index < -0.39 is 0 Å². The van der Waals surface area contributed by atoms with Crippen LogP contribution >= 0.6 is 11.6 Å². The summed E-state index contributed by atoms with van der Waals surface area (Å²) in [5.74, 6) is 0. The molecule has 0 atom stereocenters. The number of nitrogens with two attached hydrogens (primary N) is 1. The molecule has 1 heterocycles. The van der Waals surface area contributed by atoms with Crippen molar-refractivity contribution in [3.8, 4) is 6.07 Å². The number of anilines is 1. The van der Waals surface area contributed by atoms with Crippen molar-refractivity contribution in [2.45, 2.75) is 26.3 Å². The summed E-state index contributed by atoms with van der Waals surface area (Å²) in [5, 5.41) is 9.91. The molecule has 0 aliphatic rings. The van der Waals surface area contributed by atoms with E-state index in [0.717, 1.165) is 24.1 Å². The molecule has 0 saturated carbocycles. The first-order valence-electron chi connectivity index (χ1n) is 6.28. The van der Waals surface area contributed by atoms with Gasteiger partial charge in [0.15, 0.2) is 0 Å². The largest absolute Gasteiger partial charge is 0.397 e. The highest BCUT2D eigenvalue weighted by molar-refractivity contribution is 6.30. The Morgan fingerprint density at radius 2 is 2.00 bits per heavy atom. The van der Waals surface area contributed by atoms with Crippen LogP contribution < -0.4 is 5.73 Å². The first-order chi connectivity index (χ1) is 9.15. The smallest absolute Gasteiger partial charge is 0.122 e. The second kappa shape index (κ2) is 5.81. The van der Waals surface area contributed by atoms with Crippen molar-refractivity contribution in [3.63, 3.8) is 0 Å². The van der Waals surface area contributed by atoms with Gasteiger partial charge in [-0.2, -0.15) is 5.26 Å². The molecule has 2 rings (SSSR count). The number of rotatable bonds is 4. The Bertz CT molecular complexity index is 606. The molecular formula is C15H16ClN3. The average Bonchev–Trinajstić information content (AvgIpc) is 2.70. The molecule has 0 saturated heterocycles. The highest BCUT2D eigenvalue weighted by Gasteiger charge is 2.12. The molecule has 98 valence electrons. The minimum Gasteiger partial charge on any atom is -0.397 e. The predicted molar refractivity (Wildman–Crippen MR) is 78.1 cm³/mol. The number of nitriles is 1. The molecule has 3 nitrogen and oxygen atoms in total. The van der Waals surface area contributed by atoms with Crippen LogP contribution in [0.2, 0.25) is 5.02 Å². The standard InChI is InChI=1S/C15H16ClN3/c1-2-3-15-14(18)8-13(9-17)19(15)10-11-4-6-12(16)7-5-11/h4-8H,2-3,10,18H2,1H3. The topological polar surface area (TPSA) is 54.7 Å². The third kappa shape index (κ3) is 2.91. The molecule has 0 radical (unpaired) electrons. The summed E-state index contributed by atoms with van der Waals surface area (Å²) in [4.78, 5) is 0. The van der Waals surface area contributed by atoms with Crippen molar-refractivity contribution >= 4 is 17.3 Å². The van der Waals surface area contributed by atoms with Crippen LogP contribution in [0.1, 0.15) is 30.3 Å². The quantitative estimate of drug-likeness (QED) is 0.925. The fourth-order valence-corrected chi connectivity index (χ4v) is 2.30. The molecule has 0 aliphatic carbocycles. The lowest BCUT2D eigenvalue weighted by Crippen LogP contribution is -2.07. The molecule has 1 aromatic carbocycles. The van der Waals surface area contributed by atoms with Gasteiger partial charge in [0, 0.05) is 17.3 Å². The second-order valence-electron chi connectivity index (χ2n) is 4.51. The van der Waals surface area contributed by atoms with Gasteiger partial charge in [-0.1, -0.05) is 37.1 Å². The molecule has 0 spiro atoms. The Kier molecular flexibility index (Phi) is 4.13. The minimum atomic E-state index is 0.607. The van der Waals surface area contributed by atoms with Gasteiger partial charge >= 0.3 is 0 Å². The van der Waals surface area contributed by atoms with E-state index in [9.17, 15) is 5.26 Å². The maximum atomic E-state index is 9.20. The fraction of sp³-hybridized carbons (Fsp3) is 0.267. The molecular weight excluding hydrogens is 258 g/mol. The molecule has 1 aromatic heterocycles. The van der Waals surface area contributed by atoms with Crippen molar-refractivity contribution in [2.75, 3.05) is 5.73 Å². The number of benzene rings is 1. The van der Waals surface area contributed by atoms with Crippen LogP contribution in [0.5, 0.6) is 0 Å². The van der Waals surface area contributed by atoms with Gasteiger partial charge in [-0.3, -0.25) is 0 Å². The van der Waals surface area contributed by atoms with Crippen LogP contribution in [0.15, 0.2) is 30.3 Å². The Morgan fingerprint density at radius 1 is 1.32 bits per heavy atom. The van der Waals surface area contributed by atoms with Crippen LogP contribution in [0.25, 0.3) is 0 Å². The summed E-state index contributed by atoms with van der Waals surface area (Å²) >= 11 is 5.88. The van der Waals surface area contributed by atoms with Gasteiger partial charge in [0.1, 0.15) is 11.8 Å². The van der Waals surface area contributed by atoms with Crippen LogP contribution in [-0.2, 0) is 13.0 Å². The molecule has 0 aliphatic heterocycles. The van der Waals surface area contributed by atoms with Crippen LogP contribution in [0.3, 0.4) is 0 Å². The Balaban J connectivity index is 2.37. The highest BCUT2D eigenvalue weighted by Crippen LogP contribution is 2.22. The van der Waals surface area contributed by atoms with Gasteiger partial charge in [-0.15, -0.1) is 0 Å². The zero-order valence-corrected chi connectivity index (χ0v) is 11.6. The molecule has 2 N–H and O–H groups in total. The monoisotopic (exact) mass is 273 g/mol. The van der Waals surface area contributed by atoms with E-state index in [2.05, 4.69) is 13.0 Å². The van der Waals surface area contributed by atoms with E-state index in [1.807, 2.05) is 28.8 Å². The Hall–Kier alpha value is -1.92. The molecule has 0 fully saturated rings. The Morgan fingerprint density at radius 3 is 2.58 bits per heavy atom. The summed E-state index contributed by atoms with van der Waals surface area (Å²) < 4.78 is 1.99. The lowest BCUT2D eigenvalue weighted by molar-refractivity contribution is 0.719. The highest BCUT2D eigenvalue weighted by atomic mass is 35.5. The zero-order valence-electron chi connectivity index (χ0n) is 10.9. The lowest BCUT2D eigenvalue weighted by Gasteiger charge is -2.11. The van der Waals surface area contributed by atoms with Gasteiger partial charge < -0.3 is 10.3 Å². The van der Waals surface area contributed by atoms with E-state index >= 15 is 0 Å². The third-order valence-corrected chi connectivity index (χ3v) is 3.35. The molecule has 4 heteroatoms. The van der Waals surface area contributed by atoms with E-state index in [0.29, 0.717) is 22.9 Å². The summed E-state index contributed by atoms with van der Waals surface area (Å²) in [6, 6.07) is 11.6. The van der Waals surface area contributed by atoms with Crippen LogP contribution in [-0.4, -0.2) is 4.57 Å². The number of aromatic nitrogens is 1. The van der Waals surface area contributed by atoms with Crippen LogP contribution in [0, 0.1) is 11.3 Å². The lowest BCUT2D eigenvalue weighted by atomic mass is 10.2. The fourth-order valence-electron chi connectivity index (χ4n) is 2.17. The van der Waals surface area contributed by atoms with E-state index in [4.69, 9.17) is 17.3 Å². The number of nitrogen functional groups attached to an aromatic ring is 1. The van der Waals surface area contributed by atoms with Gasteiger partial charge in [-0.05, 0) is 30.2 Å². The molecule has 0 amide bonds. The third-order valence-electron chi connectivity index (χ3n) is 3.10. The van der Waals surface area contributed by atoms with E-state index in [1.54, 1.807) is 6.07 Å². The normalized spacial score (nSPS) is 10.4. The van der Waals surface area contributed by atoms with Crippen molar-refractivity contribution in [3.05, 3.63) is 52.3 Å². The molecule has 2 aromatic rings. The number of nitrogens with zero attached hydrogens (tertiary/aromatic N) is 2. The molecule has 0 bridgehead atoms. The number of hydrogen-bond acceptors (Lipinski definition) is 2. The summed E-state index contributed by atoms with van der Waals surface area (Å²) in [5.41, 5.74) is 9.44. The van der Waals surface area contributed by atoms with Gasteiger partial charge in [0.05, 0.1) is 5.69 Å². The van der Waals surface area contributed by atoms with Gasteiger partial charge in [0.2, 0.25) is 0 Å². The predicted octanol–water partition coefficient (Wildman–Crippen LogP) is 3.60. The van der Waals surface area contributed by atoms with Crippen molar-refractivity contribution in [2.24, 2.45) is 0 Å². The second-order valence-corrected chi connectivity index (χ2v) is 4.94. The zero-order chi connectivity index (χ0) is 13.8. The minimum absolute atomic E-state index is 0.607. The summed E-state index contributed by atoms with van der Waals surface area (Å²) in [7, 11) is 0. The maximum Gasteiger partial charge on any atom is 0.122 e. The number of halogens is 1. The Labute approximate surface area is 118 Å². The summed E-state index contributed by atoms with van der Waals surface area (Å²) in [6.07, 6.45) is 1.88. The SMILES string of the molecule is CCCc1c(N)cc(C#N)n1Cc1ccc(Cl)cc1. The first-order valence-corrected chi connectivity index (χ1v) is 6.66. The van der Waals surface area contributed by atoms with Crippen molar-refractivity contribution in [1.82, 2.24) is 4.57 Å². The first kappa shape index (κ1) is 13.5. The number of hydrogen-bond donors (Lipinski definition) is 1. The molecule has 0 unspecified atom stereocenters. The van der Waals surface area contributed by atoms with Gasteiger partial charge in [0.25, 0.3) is 0 Å². The van der Waals surface area contributed by atoms with E-state index in [1.165, 1.54) is 0 Å². The van der Waals surface area contributed by atoms with E-state index in [-0.39, 0.29) is 0 Å². The average molecular weight is 274 g/mol. The molecule has 19 heavy (non-hydrogen) atoms. The van der Waals surface area contributed by atoms with Gasteiger partial charge in [-0.25, -0.2) is 0 Å². The maximum absolute atomic E-state index is 9.20.